The summed E-state index contributed by atoms with van der Waals surface area (Å²) < 4.78 is 5.35. The smallest absolute Gasteiger partial charge is 0.182 e. The summed E-state index contributed by atoms with van der Waals surface area (Å²) in [7, 11) is 1.65. The van der Waals surface area contributed by atoms with Crippen LogP contribution in [0, 0.1) is 0 Å². The Morgan fingerprint density at radius 2 is 1.90 bits per heavy atom. The molecule has 0 atom stereocenters. The van der Waals surface area contributed by atoms with E-state index in [0.717, 1.165) is 22.4 Å². The van der Waals surface area contributed by atoms with Crippen molar-refractivity contribution in [3.63, 3.8) is 0 Å². The predicted octanol–water partition coefficient (Wildman–Crippen LogP) is 4.30. The zero-order chi connectivity index (χ0) is 14.5. The number of methoxy groups -OCH3 is 1. The zero-order valence-corrected chi connectivity index (χ0v) is 13.4. The number of benzene rings is 1. The van der Waals surface area contributed by atoms with Crippen LogP contribution >= 0.6 is 27.5 Å². The van der Waals surface area contributed by atoms with Crippen molar-refractivity contribution in [3.8, 4) is 17.0 Å². The lowest BCUT2D eigenvalue weighted by Crippen LogP contribution is -1.87. The molecule has 104 valence electrons. The van der Waals surface area contributed by atoms with Crippen LogP contribution in [0.5, 0.6) is 5.75 Å². The first-order valence-electron chi connectivity index (χ1n) is 5.81. The normalized spacial score (nSPS) is 10.0. The molecule has 2 aromatic heterocycles. The van der Waals surface area contributed by atoms with Crippen molar-refractivity contribution in [2.24, 2.45) is 0 Å². The maximum absolute atomic E-state index is 5.84. The number of rotatable bonds is 2. The van der Waals surface area contributed by atoms with E-state index in [0.29, 0.717) is 10.8 Å². The van der Waals surface area contributed by atoms with Crippen molar-refractivity contribution < 1.29 is 4.74 Å². The molecule has 0 bridgehead atoms. The molecule has 3 rings (SSSR count). The fraction of sp³-hybridized carbons (Fsp3) is 0.143. The molecule has 0 unspecified atom stereocenters. The van der Waals surface area contributed by atoms with Crippen LogP contribution < -0.4 is 4.74 Å². The van der Waals surface area contributed by atoms with Gasteiger partial charge in [-0.3, -0.25) is 5.10 Å². The van der Waals surface area contributed by atoms with Gasteiger partial charge in [-0.25, -0.2) is 4.98 Å². The summed E-state index contributed by atoms with van der Waals surface area (Å²) in [6.07, 6.45) is 0. The molecule has 0 aliphatic heterocycles. The second kappa shape index (κ2) is 6.72. The van der Waals surface area contributed by atoms with E-state index in [1.807, 2.05) is 36.2 Å². The second-order valence-electron chi connectivity index (χ2n) is 3.80. The summed E-state index contributed by atoms with van der Waals surface area (Å²) in [5.74, 6) is 2.60. The number of aromatic amines is 1. The highest BCUT2D eigenvalue weighted by molar-refractivity contribution is 9.08. The van der Waals surface area contributed by atoms with Gasteiger partial charge < -0.3 is 4.74 Å². The molecule has 0 amide bonds. The predicted molar refractivity (Wildman–Crippen MR) is 85.7 cm³/mol. The van der Waals surface area contributed by atoms with Gasteiger partial charge in [0.1, 0.15) is 10.9 Å². The molecule has 6 heteroatoms. The molecule has 3 aromatic rings. The third-order valence-corrected chi connectivity index (χ3v) is 2.97. The molecule has 0 aliphatic rings. The largest absolute Gasteiger partial charge is 0.496 e. The topological polar surface area (TPSA) is 50.8 Å². The lowest BCUT2D eigenvalue weighted by molar-refractivity contribution is 0.416. The number of para-hydroxylation sites is 1. The SMILES string of the molecule is CBr.COc1ccccc1-c1[nH]nc2nc(Cl)ccc12. The number of nitrogens with one attached hydrogen (secondary N) is 1. The minimum absolute atomic E-state index is 0.431. The van der Waals surface area contributed by atoms with Crippen molar-refractivity contribution in [1.82, 2.24) is 15.2 Å². The highest BCUT2D eigenvalue weighted by Gasteiger charge is 2.12. The van der Waals surface area contributed by atoms with Gasteiger partial charge in [0.2, 0.25) is 0 Å². The fourth-order valence-corrected chi connectivity index (χ4v) is 2.07. The first-order valence-corrected chi connectivity index (χ1v) is 7.78. The Bertz CT molecular complexity index is 714. The van der Waals surface area contributed by atoms with Crippen LogP contribution in [0.4, 0.5) is 0 Å². The van der Waals surface area contributed by atoms with Crippen LogP contribution in [-0.4, -0.2) is 28.1 Å². The van der Waals surface area contributed by atoms with E-state index in [1.54, 1.807) is 13.2 Å². The summed E-state index contributed by atoms with van der Waals surface area (Å²) >= 11 is 8.78. The van der Waals surface area contributed by atoms with Crippen molar-refractivity contribution in [3.05, 3.63) is 41.6 Å². The summed E-state index contributed by atoms with van der Waals surface area (Å²) in [4.78, 5) is 4.16. The number of hydrogen-bond acceptors (Lipinski definition) is 3. The van der Waals surface area contributed by atoms with Crippen LogP contribution in [0.15, 0.2) is 36.4 Å². The van der Waals surface area contributed by atoms with E-state index >= 15 is 0 Å². The molecule has 2 heterocycles. The van der Waals surface area contributed by atoms with Crippen LogP contribution in [0.1, 0.15) is 0 Å². The molecule has 4 nitrogen and oxygen atoms in total. The highest BCUT2D eigenvalue weighted by atomic mass is 79.9. The van der Waals surface area contributed by atoms with Gasteiger partial charge in [-0.1, -0.05) is 39.7 Å². The Morgan fingerprint density at radius 1 is 1.15 bits per heavy atom. The Labute approximate surface area is 130 Å². The van der Waals surface area contributed by atoms with E-state index in [9.17, 15) is 0 Å². The van der Waals surface area contributed by atoms with Crippen molar-refractivity contribution in [1.29, 1.82) is 0 Å². The molecule has 1 aromatic carbocycles. The maximum Gasteiger partial charge on any atom is 0.182 e. The maximum atomic E-state index is 5.84. The van der Waals surface area contributed by atoms with Crippen molar-refractivity contribution >= 4 is 38.6 Å². The van der Waals surface area contributed by atoms with Crippen molar-refractivity contribution in [2.75, 3.05) is 12.9 Å². The van der Waals surface area contributed by atoms with Gasteiger partial charge in [-0.2, -0.15) is 5.10 Å². The standard InChI is InChI=1S/C13H10ClN3O.CH3Br/c1-18-10-5-3-2-4-8(10)12-9-6-7-11(14)15-13(9)17-16-12;1-2/h2-7H,1H3,(H,15,16,17);1H3. The molecular formula is C14H13BrClN3O. The summed E-state index contributed by atoms with van der Waals surface area (Å²) in [6.45, 7) is 0. The lowest BCUT2D eigenvalue weighted by atomic mass is 10.1. The molecular weight excluding hydrogens is 342 g/mol. The van der Waals surface area contributed by atoms with Gasteiger partial charge in [-0.15, -0.1) is 0 Å². The van der Waals surface area contributed by atoms with Gasteiger partial charge in [0, 0.05) is 10.9 Å². The quantitative estimate of drug-likeness (QED) is 0.551. The number of fused-ring (bicyclic) bond motifs is 1. The molecule has 0 radical (unpaired) electrons. The van der Waals surface area contributed by atoms with Crippen LogP contribution in [-0.2, 0) is 0 Å². The molecule has 0 saturated carbocycles. The van der Waals surface area contributed by atoms with Gasteiger partial charge in [-0.05, 0) is 30.1 Å². The highest BCUT2D eigenvalue weighted by Crippen LogP contribution is 2.32. The number of halogens is 2. The molecule has 0 spiro atoms. The Hall–Kier alpha value is -1.59. The Balaban J connectivity index is 0.000000704. The van der Waals surface area contributed by atoms with E-state index in [2.05, 4.69) is 31.1 Å². The molecule has 0 aliphatic carbocycles. The van der Waals surface area contributed by atoms with Gasteiger partial charge >= 0.3 is 0 Å². The van der Waals surface area contributed by atoms with E-state index < -0.39 is 0 Å². The first-order chi connectivity index (χ1) is 9.79. The fourth-order valence-electron chi connectivity index (χ4n) is 1.93. The Kier molecular flexibility index (Phi) is 4.98. The monoisotopic (exact) mass is 353 g/mol. The minimum atomic E-state index is 0.431. The van der Waals surface area contributed by atoms with Crippen LogP contribution in [0.2, 0.25) is 5.15 Å². The van der Waals surface area contributed by atoms with E-state index in [4.69, 9.17) is 16.3 Å². The lowest BCUT2D eigenvalue weighted by Gasteiger charge is -2.06. The number of nitrogens with zero attached hydrogens (tertiary/aromatic N) is 2. The number of hydrogen-bond donors (Lipinski definition) is 1. The molecule has 20 heavy (non-hydrogen) atoms. The summed E-state index contributed by atoms with van der Waals surface area (Å²) in [6, 6.07) is 11.4. The molecule has 1 N–H and O–H groups in total. The van der Waals surface area contributed by atoms with E-state index in [1.165, 1.54) is 0 Å². The number of H-pyrrole nitrogens is 1. The number of ether oxygens (including phenoxy) is 1. The second-order valence-corrected chi connectivity index (χ2v) is 4.19. The third-order valence-electron chi connectivity index (χ3n) is 2.76. The van der Waals surface area contributed by atoms with Crippen molar-refractivity contribution in [2.45, 2.75) is 0 Å². The zero-order valence-electron chi connectivity index (χ0n) is 11.0. The number of alkyl halides is 1. The Morgan fingerprint density at radius 3 is 2.65 bits per heavy atom. The summed E-state index contributed by atoms with van der Waals surface area (Å²) in [5, 5.41) is 8.49. The van der Waals surface area contributed by atoms with Gasteiger partial charge in [0.25, 0.3) is 0 Å². The first kappa shape index (κ1) is 14.8. The van der Waals surface area contributed by atoms with E-state index in [-0.39, 0.29) is 0 Å². The summed E-state index contributed by atoms with van der Waals surface area (Å²) in [5.41, 5.74) is 2.43. The minimum Gasteiger partial charge on any atom is -0.496 e. The average Bonchev–Trinajstić information content (AvgIpc) is 2.92. The van der Waals surface area contributed by atoms with Gasteiger partial charge in [0.05, 0.1) is 12.8 Å². The van der Waals surface area contributed by atoms with Gasteiger partial charge in [0.15, 0.2) is 5.65 Å². The van der Waals surface area contributed by atoms with Crippen LogP contribution in [0.3, 0.4) is 0 Å². The molecule has 0 fully saturated rings. The number of pyridine rings is 1. The average molecular weight is 355 g/mol. The van der Waals surface area contributed by atoms with Crippen LogP contribution in [0.25, 0.3) is 22.3 Å². The number of aromatic nitrogens is 3. The molecule has 0 saturated heterocycles. The third kappa shape index (κ3) is 2.78.